The van der Waals surface area contributed by atoms with Gasteiger partial charge in [0.15, 0.2) is 0 Å². The van der Waals surface area contributed by atoms with E-state index in [9.17, 15) is 4.79 Å². The third-order valence-corrected chi connectivity index (χ3v) is 4.97. The summed E-state index contributed by atoms with van der Waals surface area (Å²) < 4.78 is 11.5. The maximum absolute atomic E-state index is 12.9. The number of nitrogen functional groups attached to an aromatic ring is 1. The first kappa shape index (κ1) is 21.6. The van der Waals surface area contributed by atoms with E-state index in [0.29, 0.717) is 28.6 Å². The van der Waals surface area contributed by atoms with E-state index in [2.05, 4.69) is 22.1 Å². The molecule has 2 aliphatic rings. The molecule has 0 saturated carbocycles. The number of nitrogens with one attached hydrogen (secondary N) is 1. The van der Waals surface area contributed by atoms with Crippen LogP contribution in [0.15, 0.2) is 12.1 Å². The Labute approximate surface area is 171 Å². The molecule has 1 amide bonds. The van der Waals surface area contributed by atoms with Crippen molar-refractivity contribution in [1.29, 1.82) is 0 Å². The standard InChI is InChI=1S/C19H24ClN3O3.ClH/c1-2-3-4-8-25-17-11-15(21)14(20)10-13(17)19(24)22-16-5-6-23-7-9-26-18(16)12-23;/h10-11,16,18H,2,5-9,12,21H2,1H3,(H,22,24);1H. The third-order valence-electron chi connectivity index (χ3n) is 4.64. The number of anilines is 1. The molecule has 6 nitrogen and oxygen atoms in total. The minimum Gasteiger partial charge on any atom is -0.480 e. The number of hydrogen-bond acceptors (Lipinski definition) is 5. The summed E-state index contributed by atoms with van der Waals surface area (Å²) in [7, 11) is 0. The molecule has 8 heteroatoms. The number of carbonyl (C=O) groups is 1. The summed E-state index contributed by atoms with van der Waals surface area (Å²) in [5.74, 6) is 5.97. The van der Waals surface area contributed by atoms with Gasteiger partial charge in [-0.3, -0.25) is 9.69 Å². The normalized spacial score (nSPS) is 23.4. The fraction of sp³-hybridized carbons (Fsp3) is 0.526. The van der Waals surface area contributed by atoms with E-state index in [0.717, 1.165) is 32.5 Å². The first-order valence-corrected chi connectivity index (χ1v) is 9.28. The number of ether oxygens (including phenoxy) is 2. The Kier molecular flexibility index (Phi) is 8.06. The lowest BCUT2D eigenvalue weighted by molar-refractivity contribution is -0.0702. The van der Waals surface area contributed by atoms with Crippen molar-refractivity contribution in [3.05, 3.63) is 22.7 Å². The quantitative estimate of drug-likeness (QED) is 0.584. The summed E-state index contributed by atoms with van der Waals surface area (Å²) in [6.07, 6.45) is 1.63. The summed E-state index contributed by atoms with van der Waals surface area (Å²) in [4.78, 5) is 15.2. The zero-order valence-corrected chi connectivity index (χ0v) is 16.9. The monoisotopic (exact) mass is 413 g/mol. The van der Waals surface area contributed by atoms with Crippen LogP contribution in [0.4, 0.5) is 5.69 Å². The third kappa shape index (κ3) is 5.43. The van der Waals surface area contributed by atoms with Crippen LogP contribution in [0, 0.1) is 11.8 Å². The number of fused-ring (bicyclic) bond motifs is 2. The molecule has 2 fully saturated rings. The van der Waals surface area contributed by atoms with E-state index in [4.69, 9.17) is 26.8 Å². The van der Waals surface area contributed by atoms with Gasteiger partial charge in [-0.25, -0.2) is 0 Å². The summed E-state index contributed by atoms with van der Waals surface area (Å²) in [6.45, 7) is 5.63. The molecule has 2 heterocycles. The number of halogens is 2. The molecule has 0 radical (unpaired) electrons. The molecule has 3 unspecified atom stereocenters. The fourth-order valence-corrected chi connectivity index (χ4v) is 3.42. The first-order chi connectivity index (χ1) is 12.6. The lowest BCUT2D eigenvalue weighted by Gasteiger charge is -2.42. The number of hydrogen-bond donors (Lipinski definition) is 2. The summed E-state index contributed by atoms with van der Waals surface area (Å²) in [6, 6.07) is 3.10. The van der Waals surface area contributed by atoms with E-state index in [1.165, 1.54) is 0 Å². The van der Waals surface area contributed by atoms with Crippen molar-refractivity contribution >= 4 is 35.6 Å². The minimum atomic E-state index is -0.238. The second-order valence-electron chi connectivity index (χ2n) is 6.44. The second kappa shape index (κ2) is 10.0. The topological polar surface area (TPSA) is 76.8 Å². The van der Waals surface area contributed by atoms with Gasteiger partial charge in [0, 0.05) is 32.1 Å². The van der Waals surface area contributed by atoms with Crippen LogP contribution in [0.2, 0.25) is 5.02 Å². The van der Waals surface area contributed by atoms with Crippen LogP contribution in [0.3, 0.4) is 0 Å². The van der Waals surface area contributed by atoms with Gasteiger partial charge in [-0.2, -0.15) is 0 Å². The number of morpholine rings is 1. The van der Waals surface area contributed by atoms with Crippen LogP contribution in [0.1, 0.15) is 30.1 Å². The van der Waals surface area contributed by atoms with E-state index in [-0.39, 0.29) is 37.1 Å². The molecular weight excluding hydrogens is 389 g/mol. The Bertz CT molecular complexity index is 733. The van der Waals surface area contributed by atoms with E-state index in [1.54, 1.807) is 12.1 Å². The smallest absolute Gasteiger partial charge is 0.255 e. The van der Waals surface area contributed by atoms with Crippen LogP contribution in [0.25, 0.3) is 0 Å². The van der Waals surface area contributed by atoms with Gasteiger partial charge < -0.3 is 20.5 Å². The van der Waals surface area contributed by atoms with Crippen LogP contribution in [-0.4, -0.2) is 55.8 Å². The Morgan fingerprint density at radius 1 is 1.44 bits per heavy atom. The van der Waals surface area contributed by atoms with Gasteiger partial charge in [0.2, 0.25) is 0 Å². The molecule has 27 heavy (non-hydrogen) atoms. The Morgan fingerprint density at radius 3 is 3.04 bits per heavy atom. The molecule has 0 spiro atoms. The second-order valence-corrected chi connectivity index (χ2v) is 6.85. The summed E-state index contributed by atoms with van der Waals surface area (Å²) in [5.41, 5.74) is 6.59. The SMILES string of the molecule is CCC#CCOc1cc(N)c(Cl)cc1C(=O)NC1CCN2CCOC1C2.Cl. The maximum Gasteiger partial charge on any atom is 0.255 e. The first-order valence-electron chi connectivity index (χ1n) is 8.91. The predicted octanol–water partition coefficient (Wildman–Crippen LogP) is 2.34. The van der Waals surface area contributed by atoms with Gasteiger partial charge in [0.25, 0.3) is 5.91 Å². The molecule has 3 rings (SSSR count). The van der Waals surface area contributed by atoms with Crippen molar-refractivity contribution < 1.29 is 14.3 Å². The largest absolute Gasteiger partial charge is 0.480 e. The number of carbonyl (C=O) groups excluding carboxylic acids is 1. The van der Waals surface area contributed by atoms with Gasteiger partial charge in [0.05, 0.1) is 35.0 Å². The van der Waals surface area contributed by atoms with E-state index in [1.807, 2.05) is 6.92 Å². The molecular formula is C19H25Cl2N3O3. The van der Waals surface area contributed by atoms with Gasteiger partial charge in [-0.15, -0.1) is 18.3 Å². The highest BCUT2D eigenvalue weighted by molar-refractivity contribution is 6.33. The van der Waals surface area contributed by atoms with Crippen LogP contribution < -0.4 is 15.8 Å². The van der Waals surface area contributed by atoms with Gasteiger partial charge in [0.1, 0.15) is 12.4 Å². The van der Waals surface area contributed by atoms with Crippen LogP contribution in [0.5, 0.6) is 5.75 Å². The van der Waals surface area contributed by atoms with Crippen molar-refractivity contribution in [2.24, 2.45) is 0 Å². The van der Waals surface area contributed by atoms with Gasteiger partial charge >= 0.3 is 0 Å². The van der Waals surface area contributed by atoms with Gasteiger partial charge in [-0.1, -0.05) is 24.4 Å². The molecule has 2 aliphatic heterocycles. The van der Waals surface area contributed by atoms with Crippen LogP contribution in [-0.2, 0) is 4.74 Å². The Balaban J connectivity index is 0.00000261. The zero-order chi connectivity index (χ0) is 18.5. The number of benzene rings is 1. The molecule has 2 saturated heterocycles. The number of rotatable bonds is 4. The molecule has 148 valence electrons. The van der Waals surface area contributed by atoms with E-state index >= 15 is 0 Å². The molecule has 3 atom stereocenters. The van der Waals surface area contributed by atoms with Crippen molar-refractivity contribution in [2.45, 2.75) is 31.9 Å². The molecule has 3 N–H and O–H groups in total. The number of nitrogens with two attached hydrogens (primary N) is 1. The summed E-state index contributed by atoms with van der Waals surface area (Å²) in [5, 5.41) is 3.40. The molecule has 0 aliphatic carbocycles. The maximum atomic E-state index is 12.9. The van der Waals surface area contributed by atoms with Crippen molar-refractivity contribution in [1.82, 2.24) is 10.2 Å². The van der Waals surface area contributed by atoms with Crippen LogP contribution >= 0.6 is 24.0 Å². The lowest BCUT2D eigenvalue weighted by atomic mass is 9.99. The molecule has 1 aromatic rings. The van der Waals surface area contributed by atoms with Crippen molar-refractivity contribution in [3.63, 3.8) is 0 Å². The highest BCUT2D eigenvalue weighted by Gasteiger charge is 2.34. The van der Waals surface area contributed by atoms with E-state index < -0.39 is 0 Å². The van der Waals surface area contributed by atoms with Gasteiger partial charge in [-0.05, 0) is 12.5 Å². The van der Waals surface area contributed by atoms with Crippen molar-refractivity contribution in [3.8, 4) is 17.6 Å². The number of nitrogens with zero attached hydrogens (tertiary/aromatic N) is 1. The average Bonchev–Trinajstić information content (AvgIpc) is 2.64. The highest BCUT2D eigenvalue weighted by atomic mass is 35.5. The van der Waals surface area contributed by atoms with Crippen molar-refractivity contribution in [2.75, 3.05) is 38.6 Å². The Morgan fingerprint density at radius 2 is 2.26 bits per heavy atom. The summed E-state index contributed by atoms with van der Waals surface area (Å²) >= 11 is 6.12. The molecule has 2 bridgehead atoms. The minimum absolute atomic E-state index is 0. The Hall–Kier alpha value is -1.65. The molecule has 1 aromatic carbocycles. The lowest BCUT2D eigenvalue weighted by Crippen LogP contribution is -2.58. The average molecular weight is 414 g/mol. The number of piperidine rings is 1. The fourth-order valence-electron chi connectivity index (χ4n) is 3.25. The molecule has 0 aromatic heterocycles. The highest BCUT2D eigenvalue weighted by Crippen LogP contribution is 2.29. The predicted molar refractivity (Wildman–Crippen MR) is 109 cm³/mol. The zero-order valence-electron chi connectivity index (χ0n) is 15.3. The number of amides is 1.